The molecule has 0 N–H and O–H groups in total. The van der Waals surface area contributed by atoms with Gasteiger partial charge in [0.25, 0.3) is 5.91 Å². The molecule has 7 heteroatoms. The van der Waals surface area contributed by atoms with Crippen molar-refractivity contribution in [3.8, 4) is 0 Å². The van der Waals surface area contributed by atoms with Crippen molar-refractivity contribution in [1.82, 2.24) is 14.7 Å². The second-order valence-corrected chi connectivity index (χ2v) is 7.95. The van der Waals surface area contributed by atoms with Crippen LogP contribution in [-0.2, 0) is 11.3 Å². The van der Waals surface area contributed by atoms with Gasteiger partial charge in [0.15, 0.2) is 0 Å². The normalized spacial score (nSPS) is 21.0. The zero-order valence-corrected chi connectivity index (χ0v) is 17.0. The lowest BCUT2D eigenvalue weighted by Gasteiger charge is -2.39. The van der Waals surface area contributed by atoms with Crippen molar-refractivity contribution in [2.45, 2.75) is 12.6 Å². The summed E-state index contributed by atoms with van der Waals surface area (Å²) < 4.78 is 32.1. The molecule has 2 aliphatic rings. The van der Waals surface area contributed by atoms with Gasteiger partial charge in [-0.05, 0) is 42.0 Å². The van der Waals surface area contributed by atoms with Crippen molar-refractivity contribution in [3.63, 3.8) is 0 Å². The van der Waals surface area contributed by atoms with Crippen molar-refractivity contribution in [2.75, 3.05) is 52.4 Å². The number of nitrogens with zero attached hydrogens (tertiary/aromatic N) is 3. The van der Waals surface area contributed by atoms with Crippen LogP contribution in [0, 0.1) is 11.6 Å². The van der Waals surface area contributed by atoms with E-state index in [1.54, 1.807) is 0 Å². The van der Waals surface area contributed by atoms with Crippen molar-refractivity contribution < 1.29 is 18.3 Å². The number of carbonyl (C=O) groups is 1. The molecule has 4 rings (SSSR count). The highest BCUT2D eigenvalue weighted by molar-refractivity contribution is 5.94. The molecule has 2 fully saturated rings. The fourth-order valence-electron chi connectivity index (χ4n) is 4.08. The summed E-state index contributed by atoms with van der Waals surface area (Å²) in [6.45, 7) is 6.92. The van der Waals surface area contributed by atoms with Crippen LogP contribution in [0.4, 0.5) is 8.78 Å². The van der Waals surface area contributed by atoms with Crippen LogP contribution < -0.4 is 0 Å². The van der Waals surface area contributed by atoms with E-state index in [9.17, 15) is 13.6 Å². The molecule has 0 bridgehead atoms. The second kappa shape index (κ2) is 9.64. The minimum Gasteiger partial charge on any atom is -0.374 e. The summed E-state index contributed by atoms with van der Waals surface area (Å²) in [4.78, 5) is 19.1. The molecule has 5 nitrogen and oxygen atoms in total. The summed E-state index contributed by atoms with van der Waals surface area (Å²) >= 11 is 0. The van der Waals surface area contributed by atoms with Gasteiger partial charge < -0.3 is 9.64 Å². The molecule has 1 atom stereocenters. The van der Waals surface area contributed by atoms with Gasteiger partial charge in [0.05, 0.1) is 12.7 Å². The molecule has 2 aromatic carbocycles. The zero-order valence-electron chi connectivity index (χ0n) is 17.0. The average molecular weight is 415 g/mol. The molecular weight excluding hydrogens is 388 g/mol. The smallest absolute Gasteiger partial charge is 0.253 e. The number of halogens is 2. The predicted octanol–water partition coefficient (Wildman–Crippen LogP) is 2.62. The molecule has 0 saturated carbocycles. The Labute approximate surface area is 175 Å². The van der Waals surface area contributed by atoms with Crippen molar-refractivity contribution in [1.29, 1.82) is 0 Å². The number of rotatable bonds is 5. The van der Waals surface area contributed by atoms with Gasteiger partial charge in [0, 0.05) is 57.9 Å². The van der Waals surface area contributed by atoms with Gasteiger partial charge in [-0.3, -0.25) is 14.6 Å². The highest BCUT2D eigenvalue weighted by Crippen LogP contribution is 2.14. The first-order chi connectivity index (χ1) is 14.6. The van der Waals surface area contributed by atoms with Crippen LogP contribution in [0.15, 0.2) is 48.5 Å². The quantitative estimate of drug-likeness (QED) is 0.752. The van der Waals surface area contributed by atoms with Crippen LogP contribution in [0.5, 0.6) is 0 Å². The van der Waals surface area contributed by atoms with E-state index in [1.807, 2.05) is 17.0 Å². The minimum absolute atomic E-state index is 0.0472. The number of amides is 1. The van der Waals surface area contributed by atoms with Crippen LogP contribution in [0.25, 0.3) is 0 Å². The van der Waals surface area contributed by atoms with E-state index in [-0.39, 0.29) is 23.6 Å². The van der Waals surface area contributed by atoms with Gasteiger partial charge in [-0.1, -0.05) is 12.1 Å². The van der Waals surface area contributed by atoms with Gasteiger partial charge in [0.1, 0.15) is 11.6 Å². The van der Waals surface area contributed by atoms with E-state index in [2.05, 4.69) is 9.80 Å². The van der Waals surface area contributed by atoms with E-state index in [0.29, 0.717) is 25.3 Å². The molecule has 1 amide bonds. The maximum absolute atomic E-state index is 13.1. The monoisotopic (exact) mass is 415 g/mol. The third kappa shape index (κ3) is 5.41. The van der Waals surface area contributed by atoms with Gasteiger partial charge >= 0.3 is 0 Å². The molecule has 2 aromatic rings. The Hall–Kier alpha value is -2.35. The van der Waals surface area contributed by atoms with E-state index in [0.717, 1.165) is 44.8 Å². The van der Waals surface area contributed by atoms with Gasteiger partial charge in [0.2, 0.25) is 0 Å². The van der Waals surface area contributed by atoms with Crippen LogP contribution in [-0.4, -0.2) is 79.1 Å². The van der Waals surface area contributed by atoms with Gasteiger partial charge in [-0.25, -0.2) is 8.78 Å². The van der Waals surface area contributed by atoms with E-state index in [4.69, 9.17) is 4.74 Å². The second-order valence-electron chi connectivity index (χ2n) is 7.95. The third-order valence-corrected chi connectivity index (χ3v) is 5.75. The van der Waals surface area contributed by atoms with E-state index < -0.39 is 0 Å². The van der Waals surface area contributed by atoms with Crippen molar-refractivity contribution in [2.24, 2.45) is 0 Å². The first kappa shape index (κ1) is 20.9. The molecule has 2 heterocycles. The SMILES string of the molecule is O=C(c1ccc(F)cc1)N1CCN(CC2CN(Cc3ccc(F)cc3)CCO2)CC1. The van der Waals surface area contributed by atoms with Crippen LogP contribution in [0.3, 0.4) is 0 Å². The fraction of sp³-hybridized carbons (Fsp3) is 0.435. The van der Waals surface area contributed by atoms with Crippen LogP contribution >= 0.6 is 0 Å². The maximum atomic E-state index is 13.1. The summed E-state index contributed by atoms with van der Waals surface area (Å²) in [5, 5.41) is 0. The number of hydrogen-bond donors (Lipinski definition) is 0. The molecular formula is C23H27F2N3O2. The number of benzene rings is 2. The fourth-order valence-corrected chi connectivity index (χ4v) is 4.08. The summed E-state index contributed by atoms with van der Waals surface area (Å²) in [7, 11) is 0. The Kier molecular flexibility index (Phi) is 6.72. The molecule has 30 heavy (non-hydrogen) atoms. The first-order valence-corrected chi connectivity index (χ1v) is 10.4. The number of hydrogen-bond acceptors (Lipinski definition) is 4. The Balaban J connectivity index is 1.24. The first-order valence-electron chi connectivity index (χ1n) is 10.4. The molecule has 2 aliphatic heterocycles. The molecule has 160 valence electrons. The van der Waals surface area contributed by atoms with E-state index >= 15 is 0 Å². The lowest BCUT2D eigenvalue weighted by molar-refractivity contribution is -0.0497. The molecule has 2 saturated heterocycles. The third-order valence-electron chi connectivity index (χ3n) is 5.75. The van der Waals surface area contributed by atoms with Crippen LogP contribution in [0.2, 0.25) is 0 Å². The zero-order chi connectivity index (χ0) is 20.9. The lowest BCUT2D eigenvalue weighted by Crippen LogP contribution is -2.53. The number of carbonyl (C=O) groups excluding carboxylic acids is 1. The molecule has 0 radical (unpaired) electrons. The van der Waals surface area contributed by atoms with Gasteiger partial charge in [-0.2, -0.15) is 0 Å². The molecule has 0 aliphatic carbocycles. The Bertz CT molecular complexity index is 837. The van der Waals surface area contributed by atoms with E-state index in [1.165, 1.54) is 36.4 Å². The Morgan fingerprint density at radius 1 is 0.867 bits per heavy atom. The summed E-state index contributed by atoms with van der Waals surface area (Å²) in [5.41, 5.74) is 1.63. The Morgan fingerprint density at radius 3 is 2.17 bits per heavy atom. The number of morpholine rings is 1. The average Bonchev–Trinajstić information content (AvgIpc) is 2.76. The number of ether oxygens (including phenoxy) is 1. The van der Waals surface area contributed by atoms with Crippen molar-refractivity contribution in [3.05, 3.63) is 71.3 Å². The summed E-state index contributed by atoms with van der Waals surface area (Å²) in [6, 6.07) is 12.4. The molecule has 1 unspecified atom stereocenters. The lowest BCUT2D eigenvalue weighted by atomic mass is 10.1. The number of piperazine rings is 1. The summed E-state index contributed by atoms with van der Waals surface area (Å²) in [5.74, 6) is -0.595. The molecule has 0 aromatic heterocycles. The van der Waals surface area contributed by atoms with Crippen LogP contribution in [0.1, 0.15) is 15.9 Å². The van der Waals surface area contributed by atoms with Gasteiger partial charge in [-0.15, -0.1) is 0 Å². The highest BCUT2D eigenvalue weighted by Gasteiger charge is 2.27. The highest BCUT2D eigenvalue weighted by atomic mass is 19.1. The van der Waals surface area contributed by atoms with Crippen molar-refractivity contribution >= 4 is 5.91 Å². The summed E-state index contributed by atoms with van der Waals surface area (Å²) in [6.07, 6.45) is 0.124. The predicted molar refractivity (Wildman–Crippen MR) is 110 cm³/mol. The topological polar surface area (TPSA) is 36.0 Å². The Morgan fingerprint density at radius 2 is 1.50 bits per heavy atom. The molecule has 0 spiro atoms. The largest absolute Gasteiger partial charge is 0.374 e. The maximum Gasteiger partial charge on any atom is 0.253 e. The standard InChI is InChI=1S/C23H27F2N3O2/c24-20-5-1-18(2-6-20)15-27-13-14-30-22(17-27)16-26-9-11-28(12-10-26)23(29)19-3-7-21(25)8-4-19/h1-8,22H,9-17H2. The minimum atomic E-state index is -0.336.